The van der Waals surface area contributed by atoms with Crippen LogP contribution in [0.5, 0.6) is 5.75 Å². The highest BCUT2D eigenvalue weighted by Gasteiger charge is 2.22. The van der Waals surface area contributed by atoms with Crippen LogP contribution in [0.1, 0.15) is 24.8 Å². The summed E-state index contributed by atoms with van der Waals surface area (Å²) in [5.74, 6) is 0.940. The average molecular weight is 192 g/mol. The first-order valence-corrected chi connectivity index (χ1v) is 5.20. The summed E-state index contributed by atoms with van der Waals surface area (Å²) in [6.07, 6.45) is 3.94. The normalized spacial score (nSPS) is 26.6. The van der Waals surface area contributed by atoms with Gasteiger partial charge >= 0.3 is 0 Å². The van der Waals surface area contributed by atoms with Crippen LogP contribution in [0.15, 0.2) is 24.3 Å². The molecule has 1 aromatic rings. The van der Waals surface area contributed by atoms with Gasteiger partial charge in [-0.3, -0.25) is 0 Å². The van der Waals surface area contributed by atoms with E-state index in [1.807, 2.05) is 12.1 Å². The fourth-order valence-electron chi connectivity index (χ4n) is 2.20. The van der Waals surface area contributed by atoms with E-state index >= 15 is 0 Å². The first kappa shape index (κ1) is 9.53. The Morgan fingerprint density at radius 1 is 1.14 bits per heavy atom. The van der Waals surface area contributed by atoms with Crippen molar-refractivity contribution in [3.63, 3.8) is 0 Å². The number of phenols is 1. The number of phenolic OH excluding ortho intramolecular Hbond substituents is 1. The highest BCUT2D eigenvalue weighted by molar-refractivity contribution is 5.26. The van der Waals surface area contributed by atoms with E-state index in [1.165, 1.54) is 5.56 Å². The van der Waals surface area contributed by atoms with E-state index in [0.29, 0.717) is 11.7 Å². The quantitative estimate of drug-likeness (QED) is 0.753. The molecule has 2 rings (SSSR count). The molecule has 1 aliphatic carbocycles. The average Bonchev–Trinajstić information content (AvgIpc) is 2.56. The molecule has 2 nitrogen and oxygen atoms in total. The number of benzene rings is 1. The molecular formula is C12H16O2. The van der Waals surface area contributed by atoms with Gasteiger partial charge in [-0.1, -0.05) is 12.1 Å². The zero-order valence-corrected chi connectivity index (χ0v) is 8.19. The lowest BCUT2D eigenvalue weighted by molar-refractivity contribution is 0.177. The van der Waals surface area contributed by atoms with Gasteiger partial charge in [0.25, 0.3) is 0 Å². The van der Waals surface area contributed by atoms with Crippen molar-refractivity contribution in [1.82, 2.24) is 0 Å². The lowest BCUT2D eigenvalue weighted by atomic mass is 9.98. The number of hydrogen-bond donors (Lipinski definition) is 2. The predicted molar refractivity (Wildman–Crippen MR) is 55.2 cm³/mol. The highest BCUT2D eigenvalue weighted by atomic mass is 16.3. The van der Waals surface area contributed by atoms with E-state index in [9.17, 15) is 5.11 Å². The molecule has 1 saturated carbocycles. The molecule has 14 heavy (non-hydrogen) atoms. The second-order valence-corrected chi connectivity index (χ2v) is 4.20. The third-order valence-electron chi connectivity index (χ3n) is 2.97. The Kier molecular flexibility index (Phi) is 2.73. The lowest BCUT2D eigenvalue weighted by Gasteiger charge is -2.08. The summed E-state index contributed by atoms with van der Waals surface area (Å²) in [5.41, 5.74) is 1.25. The molecule has 1 aliphatic rings. The summed E-state index contributed by atoms with van der Waals surface area (Å²) in [5, 5.41) is 18.5. The summed E-state index contributed by atoms with van der Waals surface area (Å²) in [7, 11) is 0. The van der Waals surface area contributed by atoms with E-state index in [1.54, 1.807) is 12.1 Å². The Morgan fingerprint density at radius 3 is 2.43 bits per heavy atom. The van der Waals surface area contributed by atoms with Crippen LogP contribution in [0.2, 0.25) is 0 Å². The number of aromatic hydroxyl groups is 1. The standard InChI is InChI=1S/C12H16O2/c13-11-4-1-9(2-5-11)7-10-3-6-12(14)8-10/h1-2,4-5,10,12-14H,3,6-8H2. The summed E-state index contributed by atoms with van der Waals surface area (Å²) in [6.45, 7) is 0. The number of hydrogen-bond acceptors (Lipinski definition) is 2. The highest BCUT2D eigenvalue weighted by Crippen LogP contribution is 2.28. The molecule has 0 bridgehead atoms. The van der Waals surface area contributed by atoms with Gasteiger partial charge in [-0.05, 0) is 49.3 Å². The van der Waals surface area contributed by atoms with Gasteiger partial charge in [0.2, 0.25) is 0 Å². The topological polar surface area (TPSA) is 40.5 Å². The van der Waals surface area contributed by atoms with Crippen LogP contribution in [-0.2, 0) is 6.42 Å². The maximum atomic E-state index is 9.38. The minimum atomic E-state index is -0.0860. The Morgan fingerprint density at radius 2 is 1.86 bits per heavy atom. The molecule has 0 heterocycles. The molecule has 2 heteroatoms. The molecule has 2 atom stereocenters. The number of rotatable bonds is 2. The van der Waals surface area contributed by atoms with Crippen molar-refractivity contribution in [2.75, 3.05) is 0 Å². The van der Waals surface area contributed by atoms with Gasteiger partial charge in [-0.15, -0.1) is 0 Å². The first-order valence-electron chi connectivity index (χ1n) is 5.20. The minimum Gasteiger partial charge on any atom is -0.508 e. The predicted octanol–water partition coefficient (Wildman–Crippen LogP) is 2.10. The Balaban J connectivity index is 1.94. The van der Waals surface area contributed by atoms with Crippen LogP contribution in [0.25, 0.3) is 0 Å². The zero-order chi connectivity index (χ0) is 9.97. The fraction of sp³-hybridized carbons (Fsp3) is 0.500. The smallest absolute Gasteiger partial charge is 0.115 e. The van der Waals surface area contributed by atoms with Gasteiger partial charge in [-0.2, -0.15) is 0 Å². The summed E-state index contributed by atoms with van der Waals surface area (Å²) < 4.78 is 0. The molecule has 0 saturated heterocycles. The van der Waals surface area contributed by atoms with Crippen molar-refractivity contribution in [1.29, 1.82) is 0 Å². The van der Waals surface area contributed by atoms with Crippen molar-refractivity contribution in [2.24, 2.45) is 5.92 Å². The van der Waals surface area contributed by atoms with Crippen molar-refractivity contribution >= 4 is 0 Å². The van der Waals surface area contributed by atoms with E-state index in [4.69, 9.17) is 5.11 Å². The maximum Gasteiger partial charge on any atom is 0.115 e. The number of aliphatic hydroxyl groups excluding tert-OH is 1. The number of aliphatic hydroxyl groups is 1. The molecule has 2 unspecified atom stereocenters. The largest absolute Gasteiger partial charge is 0.508 e. The second-order valence-electron chi connectivity index (χ2n) is 4.20. The Bertz CT molecular complexity index is 292. The van der Waals surface area contributed by atoms with E-state index in [2.05, 4.69) is 0 Å². The monoisotopic (exact) mass is 192 g/mol. The SMILES string of the molecule is Oc1ccc(CC2CCC(O)C2)cc1. The summed E-state index contributed by atoms with van der Waals surface area (Å²) >= 11 is 0. The Hall–Kier alpha value is -1.02. The molecule has 1 aromatic carbocycles. The van der Waals surface area contributed by atoms with Gasteiger partial charge in [0.05, 0.1) is 6.10 Å². The van der Waals surface area contributed by atoms with Gasteiger partial charge in [0.1, 0.15) is 5.75 Å². The van der Waals surface area contributed by atoms with Gasteiger partial charge in [-0.25, -0.2) is 0 Å². The molecule has 0 spiro atoms. The molecule has 1 fully saturated rings. The van der Waals surface area contributed by atoms with E-state index < -0.39 is 0 Å². The third kappa shape index (κ3) is 2.26. The van der Waals surface area contributed by atoms with Crippen LogP contribution in [-0.4, -0.2) is 16.3 Å². The van der Waals surface area contributed by atoms with E-state index in [-0.39, 0.29) is 6.10 Å². The molecule has 0 radical (unpaired) electrons. The molecule has 0 aromatic heterocycles. The van der Waals surface area contributed by atoms with Gasteiger partial charge < -0.3 is 10.2 Å². The van der Waals surface area contributed by atoms with Crippen LogP contribution in [0.4, 0.5) is 0 Å². The van der Waals surface area contributed by atoms with Gasteiger partial charge in [0, 0.05) is 0 Å². The van der Waals surface area contributed by atoms with Crippen LogP contribution >= 0.6 is 0 Å². The van der Waals surface area contributed by atoms with Crippen LogP contribution in [0.3, 0.4) is 0 Å². The Labute approximate surface area is 84.2 Å². The first-order chi connectivity index (χ1) is 6.74. The van der Waals surface area contributed by atoms with Crippen molar-refractivity contribution < 1.29 is 10.2 Å². The fourth-order valence-corrected chi connectivity index (χ4v) is 2.20. The molecule has 76 valence electrons. The summed E-state index contributed by atoms with van der Waals surface area (Å²) in [6, 6.07) is 7.36. The second kappa shape index (κ2) is 4.01. The third-order valence-corrected chi connectivity index (χ3v) is 2.97. The minimum absolute atomic E-state index is 0.0860. The van der Waals surface area contributed by atoms with Crippen LogP contribution < -0.4 is 0 Å². The molecule has 0 amide bonds. The zero-order valence-electron chi connectivity index (χ0n) is 8.19. The van der Waals surface area contributed by atoms with Crippen molar-refractivity contribution in [3.05, 3.63) is 29.8 Å². The van der Waals surface area contributed by atoms with Crippen molar-refractivity contribution in [3.8, 4) is 5.75 Å². The summed E-state index contributed by atoms with van der Waals surface area (Å²) in [4.78, 5) is 0. The molecular weight excluding hydrogens is 176 g/mol. The lowest BCUT2D eigenvalue weighted by Crippen LogP contribution is -2.02. The van der Waals surface area contributed by atoms with Crippen LogP contribution in [0, 0.1) is 5.92 Å². The van der Waals surface area contributed by atoms with Gasteiger partial charge in [0.15, 0.2) is 0 Å². The molecule has 2 N–H and O–H groups in total. The molecule has 0 aliphatic heterocycles. The maximum absolute atomic E-state index is 9.38. The van der Waals surface area contributed by atoms with Crippen molar-refractivity contribution in [2.45, 2.75) is 31.8 Å². The van der Waals surface area contributed by atoms with E-state index in [0.717, 1.165) is 25.7 Å².